The van der Waals surface area contributed by atoms with Gasteiger partial charge in [-0.15, -0.1) is 0 Å². The molecule has 0 bridgehead atoms. The second kappa shape index (κ2) is 4.85. The first kappa shape index (κ1) is 12.5. The lowest BCUT2D eigenvalue weighted by atomic mass is 10.1. The number of hydrogen-bond acceptors (Lipinski definition) is 3. The molecule has 2 aliphatic heterocycles. The van der Waals surface area contributed by atoms with Crippen LogP contribution in [0.5, 0.6) is 0 Å². The van der Waals surface area contributed by atoms with E-state index in [-0.39, 0.29) is 5.91 Å². The van der Waals surface area contributed by atoms with Gasteiger partial charge in [0.15, 0.2) is 0 Å². The van der Waals surface area contributed by atoms with Gasteiger partial charge >= 0.3 is 0 Å². The normalized spacial score (nSPS) is 19.7. The molecule has 0 unspecified atom stereocenters. The molecule has 4 heteroatoms. The van der Waals surface area contributed by atoms with Crippen LogP contribution in [0.4, 0.5) is 5.69 Å². The van der Waals surface area contributed by atoms with Gasteiger partial charge in [0.2, 0.25) is 0 Å². The highest BCUT2D eigenvalue weighted by molar-refractivity contribution is 5.95. The Morgan fingerprint density at radius 3 is 2.53 bits per heavy atom. The predicted octanol–water partition coefficient (Wildman–Crippen LogP) is 1.07. The van der Waals surface area contributed by atoms with E-state index < -0.39 is 0 Å². The lowest BCUT2D eigenvalue weighted by molar-refractivity contribution is 0.0664. The van der Waals surface area contributed by atoms with E-state index in [4.69, 9.17) is 0 Å². The fourth-order valence-corrected chi connectivity index (χ4v) is 2.86. The van der Waals surface area contributed by atoms with Crippen LogP contribution in [0.2, 0.25) is 0 Å². The molecule has 0 spiro atoms. The summed E-state index contributed by atoms with van der Waals surface area (Å²) in [7, 11) is 4.20. The van der Waals surface area contributed by atoms with Crippen molar-refractivity contribution >= 4 is 11.6 Å². The minimum Gasteiger partial charge on any atom is -0.374 e. The molecule has 102 valence electrons. The molecule has 19 heavy (non-hydrogen) atoms. The molecule has 4 nitrogen and oxygen atoms in total. The largest absolute Gasteiger partial charge is 0.374 e. The SMILES string of the molecule is CN1CCN(C(=O)c2ccc3c(c2)N(C)CC3)CC1. The Morgan fingerprint density at radius 2 is 1.79 bits per heavy atom. The van der Waals surface area contributed by atoms with Crippen molar-refractivity contribution in [1.82, 2.24) is 9.80 Å². The quantitative estimate of drug-likeness (QED) is 0.755. The van der Waals surface area contributed by atoms with Crippen LogP contribution in [-0.2, 0) is 6.42 Å². The summed E-state index contributed by atoms with van der Waals surface area (Å²) >= 11 is 0. The van der Waals surface area contributed by atoms with Crippen LogP contribution in [0.3, 0.4) is 0 Å². The van der Waals surface area contributed by atoms with Gasteiger partial charge in [0, 0.05) is 51.0 Å². The van der Waals surface area contributed by atoms with Gasteiger partial charge in [0.25, 0.3) is 5.91 Å². The first-order chi connectivity index (χ1) is 9.15. The molecule has 3 rings (SSSR count). The van der Waals surface area contributed by atoms with Gasteiger partial charge in [0.1, 0.15) is 0 Å². The molecule has 0 aromatic heterocycles. The number of nitrogens with zero attached hydrogens (tertiary/aromatic N) is 3. The van der Waals surface area contributed by atoms with Crippen LogP contribution in [0.1, 0.15) is 15.9 Å². The van der Waals surface area contributed by atoms with Gasteiger partial charge < -0.3 is 14.7 Å². The number of hydrogen-bond donors (Lipinski definition) is 0. The summed E-state index contributed by atoms with van der Waals surface area (Å²) in [4.78, 5) is 19.0. The molecule has 2 aliphatic rings. The Kier molecular flexibility index (Phi) is 3.19. The molecular formula is C15H21N3O. The lowest BCUT2D eigenvalue weighted by Crippen LogP contribution is -2.47. The Labute approximate surface area is 114 Å². The van der Waals surface area contributed by atoms with E-state index in [2.05, 4.69) is 36.0 Å². The van der Waals surface area contributed by atoms with Crippen molar-refractivity contribution in [3.8, 4) is 0 Å². The third-order valence-corrected chi connectivity index (χ3v) is 4.25. The van der Waals surface area contributed by atoms with Crippen LogP contribution in [-0.4, -0.2) is 62.5 Å². The smallest absolute Gasteiger partial charge is 0.254 e. The number of anilines is 1. The summed E-state index contributed by atoms with van der Waals surface area (Å²) < 4.78 is 0. The molecule has 0 atom stereocenters. The molecule has 0 N–H and O–H groups in total. The van der Waals surface area contributed by atoms with E-state index in [1.165, 1.54) is 11.3 Å². The zero-order valence-corrected chi connectivity index (χ0v) is 11.7. The molecule has 0 radical (unpaired) electrons. The van der Waals surface area contributed by atoms with Crippen molar-refractivity contribution < 1.29 is 4.79 Å². The number of rotatable bonds is 1. The van der Waals surface area contributed by atoms with Crippen molar-refractivity contribution in [3.05, 3.63) is 29.3 Å². The lowest BCUT2D eigenvalue weighted by Gasteiger charge is -2.32. The zero-order chi connectivity index (χ0) is 13.4. The van der Waals surface area contributed by atoms with Crippen LogP contribution in [0.25, 0.3) is 0 Å². The minimum absolute atomic E-state index is 0.177. The van der Waals surface area contributed by atoms with Crippen molar-refractivity contribution in [2.75, 3.05) is 51.7 Å². The summed E-state index contributed by atoms with van der Waals surface area (Å²) in [5.74, 6) is 0.177. The highest BCUT2D eigenvalue weighted by Crippen LogP contribution is 2.28. The maximum Gasteiger partial charge on any atom is 0.254 e. The standard InChI is InChI=1S/C15H21N3O/c1-16-7-9-18(10-8-16)15(19)13-4-3-12-5-6-17(2)14(12)11-13/h3-4,11H,5-10H2,1-2H3. The zero-order valence-electron chi connectivity index (χ0n) is 11.7. The number of piperazine rings is 1. The van der Waals surface area contributed by atoms with Crippen molar-refractivity contribution in [2.45, 2.75) is 6.42 Å². The third kappa shape index (κ3) is 2.32. The first-order valence-corrected chi connectivity index (χ1v) is 6.97. The van der Waals surface area contributed by atoms with Crippen LogP contribution in [0.15, 0.2) is 18.2 Å². The average molecular weight is 259 g/mol. The number of amides is 1. The molecule has 1 aromatic rings. The van der Waals surface area contributed by atoms with Gasteiger partial charge in [-0.2, -0.15) is 0 Å². The van der Waals surface area contributed by atoms with Crippen LogP contribution in [0, 0.1) is 0 Å². The third-order valence-electron chi connectivity index (χ3n) is 4.25. The summed E-state index contributed by atoms with van der Waals surface area (Å²) in [5, 5.41) is 0. The topological polar surface area (TPSA) is 26.8 Å². The number of carbonyl (C=O) groups excluding carboxylic acids is 1. The van der Waals surface area contributed by atoms with Crippen LogP contribution >= 0.6 is 0 Å². The van der Waals surface area contributed by atoms with Gasteiger partial charge in [-0.1, -0.05) is 6.07 Å². The molecule has 0 aliphatic carbocycles. The van der Waals surface area contributed by atoms with E-state index in [9.17, 15) is 4.79 Å². The summed E-state index contributed by atoms with van der Waals surface area (Å²) in [5.41, 5.74) is 3.41. The summed E-state index contributed by atoms with van der Waals surface area (Å²) in [6, 6.07) is 6.16. The molecule has 1 fully saturated rings. The molecule has 1 amide bonds. The van der Waals surface area contributed by atoms with E-state index >= 15 is 0 Å². The highest BCUT2D eigenvalue weighted by atomic mass is 16.2. The van der Waals surface area contributed by atoms with E-state index in [0.29, 0.717) is 0 Å². The summed E-state index contributed by atoms with van der Waals surface area (Å²) in [6.45, 7) is 4.67. The Balaban J connectivity index is 1.79. The average Bonchev–Trinajstić information content (AvgIpc) is 2.80. The second-order valence-electron chi connectivity index (χ2n) is 5.61. The van der Waals surface area contributed by atoms with E-state index in [1.807, 2.05) is 11.0 Å². The molecular weight excluding hydrogens is 238 g/mol. The Morgan fingerprint density at radius 1 is 1.05 bits per heavy atom. The van der Waals surface area contributed by atoms with E-state index in [1.54, 1.807) is 0 Å². The molecule has 1 aromatic carbocycles. The number of benzene rings is 1. The van der Waals surface area contributed by atoms with Gasteiger partial charge in [-0.3, -0.25) is 4.79 Å². The number of likely N-dealkylation sites (N-methyl/N-ethyl adjacent to an activating group) is 2. The van der Waals surface area contributed by atoms with E-state index in [0.717, 1.165) is 44.7 Å². The Bertz CT molecular complexity index is 492. The highest BCUT2D eigenvalue weighted by Gasteiger charge is 2.23. The Hall–Kier alpha value is -1.55. The predicted molar refractivity (Wildman–Crippen MR) is 76.8 cm³/mol. The van der Waals surface area contributed by atoms with Gasteiger partial charge in [-0.05, 0) is 31.2 Å². The summed E-state index contributed by atoms with van der Waals surface area (Å²) in [6.07, 6.45) is 1.09. The number of carbonyl (C=O) groups is 1. The monoisotopic (exact) mass is 259 g/mol. The first-order valence-electron chi connectivity index (χ1n) is 6.97. The van der Waals surface area contributed by atoms with Gasteiger partial charge in [0.05, 0.1) is 0 Å². The van der Waals surface area contributed by atoms with Crippen molar-refractivity contribution in [2.24, 2.45) is 0 Å². The molecule has 2 heterocycles. The maximum atomic E-state index is 12.5. The fourth-order valence-electron chi connectivity index (χ4n) is 2.86. The molecule has 0 saturated carbocycles. The molecule has 1 saturated heterocycles. The fraction of sp³-hybridized carbons (Fsp3) is 0.533. The maximum absolute atomic E-state index is 12.5. The van der Waals surface area contributed by atoms with Crippen molar-refractivity contribution in [3.63, 3.8) is 0 Å². The van der Waals surface area contributed by atoms with Gasteiger partial charge in [-0.25, -0.2) is 0 Å². The number of fused-ring (bicyclic) bond motifs is 1. The second-order valence-corrected chi connectivity index (χ2v) is 5.61. The van der Waals surface area contributed by atoms with Crippen LogP contribution < -0.4 is 4.90 Å². The minimum atomic E-state index is 0.177. The van der Waals surface area contributed by atoms with Crippen molar-refractivity contribution in [1.29, 1.82) is 0 Å².